The van der Waals surface area contributed by atoms with Gasteiger partial charge in [-0.1, -0.05) is 72.8 Å². The molecule has 4 aromatic carbocycles. The van der Waals surface area contributed by atoms with Crippen LogP contribution in [0.1, 0.15) is 30.5 Å². The fourth-order valence-electron chi connectivity index (χ4n) is 4.59. The summed E-state index contributed by atoms with van der Waals surface area (Å²) in [5, 5.41) is 31.0. The van der Waals surface area contributed by atoms with E-state index < -0.39 is 0 Å². The first-order chi connectivity index (χ1) is 17.2. The summed E-state index contributed by atoms with van der Waals surface area (Å²) in [4.78, 5) is 2.24. The van der Waals surface area contributed by atoms with Gasteiger partial charge < -0.3 is 4.90 Å². The molecular weight excluding hydrogens is 428 g/mol. The van der Waals surface area contributed by atoms with Crippen molar-refractivity contribution in [3.05, 3.63) is 102 Å². The highest BCUT2D eigenvalue weighted by atomic mass is 15.1. The van der Waals surface area contributed by atoms with Crippen LogP contribution in [0.25, 0.3) is 33.4 Å². The maximum Gasteiger partial charge on any atom is 0.101 e. The molecule has 168 valence electrons. The van der Waals surface area contributed by atoms with E-state index in [0.717, 1.165) is 35.5 Å². The molecule has 4 heteroatoms. The summed E-state index contributed by atoms with van der Waals surface area (Å²) in [5.74, 6) is 0. The molecule has 0 fully saturated rings. The average molecular weight is 453 g/mol. The third kappa shape index (κ3) is 4.24. The maximum atomic E-state index is 10.4. The van der Waals surface area contributed by atoms with Gasteiger partial charge in [-0.2, -0.15) is 15.8 Å². The van der Waals surface area contributed by atoms with Gasteiger partial charge in [0.2, 0.25) is 0 Å². The fraction of sp³-hybridized carbons (Fsp3) is 0.129. The smallest absolute Gasteiger partial charge is 0.101 e. The molecule has 0 spiro atoms. The van der Waals surface area contributed by atoms with Gasteiger partial charge in [-0.15, -0.1) is 0 Å². The predicted octanol–water partition coefficient (Wildman–Crippen LogP) is 7.15. The van der Waals surface area contributed by atoms with Crippen LogP contribution in [0.2, 0.25) is 0 Å². The molecule has 0 unspecified atom stereocenters. The number of nitrogens with zero attached hydrogens (tertiary/aromatic N) is 4. The minimum absolute atomic E-state index is 0.332. The van der Waals surface area contributed by atoms with Crippen LogP contribution >= 0.6 is 0 Å². The van der Waals surface area contributed by atoms with Crippen LogP contribution in [0.4, 0.5) is 5.69 Å². The summed E-state index contributed by atoms with van der Waals surface area (Å²) in [5.41, 5.74) is 6.04. The second-order valence-corrected chi connectivity index (χ2v) is 8.04. The zero-order valence-corrected chi connectivity index (χ0v) is 19.8. The highest BCUT2D eigenvalue weighted by Gasteiger charge is 2.26. The molecule has 0 aliphatic heterocycles. The van der Waals surface area contributed by atoms with Crippen molar-refractivity contribution in [1.82, 2.24) is 0 Å². The summed E-state index contributed by atoms with van der Waals surface area (Å²) in [7, 11) is 0. The Bertz CT molecular complexity index is 1380. The van der Waals surface area contributed by atoms with E-state index in [-0.39, 0.29) is 0 Å². The number of hydrogen-bond donors (Lipinski definition) is 0. The minimum Gasteiger partial charge on any atom is -0.372 e. The summed E-state index contributed by atoms with van der Waals surface area (Å²) in [6.07, 6.45) is 0. The molecule has 0 aliphatic carbocycles. The maximum absolute atomic E-state index is 10.4. The minimum atomic E-state index is 0.332. The number of anilines is 1. The zero-order chi connectivity index (χ0) is 24.8. The van der Waals surface area contributed by atoms with Gasteiger partial charge in [-0.3, -0.25) is 0 Å². The van der Waals surface area contributed by atoms with Gasteiger partial charge in [0.05, 0.1) is 16.7 Å². The standard InChI is InChI=1S/C31H24N4/c1-3-35(4-2)25-17-15-24(16-18-25)31-27(20-33)29(22-11-7-5-8-12-22)26(19-32)30(28(31)21-34)23-13-9-6-10-14-23/h5-18H,3-4H2,1-2H3. The van der Waals surface area contributed by atoms with E-state index >= 15 is 0 Å². The number of benzene rings is 4. The van der Waals surface area contributed by atoms with Crippen molar-refractivity contribution in [2.75, 3.05) is 18.0 Å². The Hall–Kier alpha value is -4.85. The Labute approximate surface area is 206 Å². The van der Waals surface area contributed by atoms with E-state index in [0.29, 0.717) is 33.4 Å². The highest BCUT2D eigenvalue weighted by molar-refractivity contribution is 5.97. The molecule has 0 amide bonds. The summed E-state index contributed by atoms with van der Waals surface area (Å²) < 4.78 is 0. The van der Waals surface area contributed by atoms with Crippen LogP contribution < -0.4 is 4.90 Å². The second-order valence-electron chi connectivity index (χ2n) is 8.04. The van der Waals surface area contributed by atoms with E-state index in [1.807, 2.05) is 84.9 Å². The lowest BCUT2D eigenvalue weighted by molar-refractivity contribution is 0.866. The van der Waals surface area contributed by atoms with Crippen LogP contribution in [-0.4, -0.2) is 13.1 Å². The SMILES string of the molecule is CCN(CC)c1ccc(-c2c(C#N)c(-c3ccccc3)c(C#N)c(-c3ccccc3)c2C#N)cc1. The highest BCUT2D eigenvalue weighted by Crippen LogP contribution is 2.44. The summed E-state index contributed by atoms with van der Waals surface area (Å²) in [6.45, 7) is 5.99. The van der Waals surface area contributed by atoms with E-state index in [9.17, 15) is 15.8 Å². The van der Waals surface area contributed by atoms with Crippen molar-refractivity contribution >= 4 is 5.69 Å². The zero-order valence-electron chi connectivity index (χ0n) is 19.8. The van der Waals surface area contributed by atoms with Crippen molar-refractivity contribution in [3.8, 4) is 51.6 Å². The molecule has 0 aromatic heterocycles. The van der Waals surface area contributed by atoms with Gasteiger partial charge >= 0.3 is 0 Å². The molecule has 0 saturated heterocycles. The first-order valence-corrected chi connectivity index (χ1v) is 11.6. The molecule has 0 radical (unpaired) electrons. The molecule has 4 nitrogen and oxygen atoms in total. The van der Waals surface area contributed by atoms with Crippen LogP contribution in [0.5, 0.6) is 0 Å². The molecular formula is C31H24N4. The van der Waals surface area contributed by atoms with E-state index in [1.54, 1.807) is 0 Å². The lowest BCUT2D eigenvalue weighted by Crippen LogP contribution is -2.21. The van der Waals surface area contributed by atoms with Crippen molar-refractivity contribution in [1.29, 1.82) is 15.8 Å². The molecule has 4 rings (SSSR count). The Morgan fingerprint density at radius 3 is 1.17 bits per heavy atom. The van der Waals surface area contributed by atoms with Gasteiger partial charge in [0.15, 0.2) is 0 Å². The lowest BCUT2D eigenvalue weighted by atomic mass is 9.80. The van der Waals surface area contributed by atoms with Crippen molar-refractivity contribution in [2.45, 2.75) is 13.8 Å². The summed E-state index contributed by atoms with van der Waals surface area (Å²) >= 11 is 0. The van der Waals surface area contributed by atoms with E-state index in [2.05, 4.69) is 37.0 Å². The van der Waals surface area contributed by atoms with E-state index in [4.69, 9.17) is 0 Å². The summed E-state index contributed by atoms with van der Waals surface area (Å²) in [6, 6.07) is 33.9. The topological polar surface area (TPSA) is 74.6 Å². The third-order valence-electron chi connectivity index (χ3n) is 6.24. The van der Waals surface area contributed by atoms with Gasteiger partial charge in [0, 0.05) is 35.5 Å². The fourth-order valence-corrected chi connectivity index (χ4v) is 4.59. The molecule has 0 heterocycles. The molecule has 0 N–H and O–H groups in total. The van der Waals surface area contributed by atoms with Crippen LogP contribution in [-0.2, 0) is 0 Å². The molecule has 0 bridgehead atoms. The van der Waals surface area contributed by atoms with Gasteiger partial charge in [-0.25, -0.2) is 0 Å². The Balaban J connectivity index is 2.14. The number of nitriles is 3. The Morgan fingerprint density at radius 2 is 0.857 bits per heavy atom. The van der Waals surface area contributed by atoms with Crippen molar-refractivity contribution in [2.24, 2.45) is 0 Å². The van der Waals surface area contributed by atoms with Gasteiger partial charge in [-0.05, 0) is 42.7 Å². The normalized spacial score (nSPS) is 10.1. The molecule has 0 saturated carbocycles. The molecule has 35 heavy (non-hydrogen) atoms. The quantitative estimate of drug-likeness (QED) is 0.311. The van der Waals surface area contributed by atoms with Gasteiger partial charge in [0.1, 0.15) is 18.2 Å². The average Bonchev–Trinajstić information content (AvgIpc) is 2.93. The van der Waals surface area contributed by atoms with E-state index in [1.165, 1.54) is 0 Å². The van der Waals surface area contributed by atoms with Crippen molar-refractivity contribution in [3.63, 3.8) is 0 Å². The largest absolute Gasteiger partial charge is 0.372 e. The molecule has 0 aliphatic rings. The van der Waals surface area contributed by atoms with Crippen LogP contribution in [0.15, 0.2) is 84.9 Å². The predicted molar refractivity (Wildman–Crippen MR) is 140 cm³/mol. The first kappa shape index (κ1) is 23.3. The Kier molecular flexibility index (Phi) is 6.92. The number of rotatable bonds is 6. The lowest BCUT2D eigenvalue weighted by Gasteiger charge is -2.22. The molecule has 4 aromatic rings. The first-order valence-electron chi connectivity index (χ1n) is 11.6. The second kappa shape index (κ2) is 10.4. The monoisotopic (exact) mass is 452 g/mol. The number of hydrogen-bond acceptors (Lipinski definition) is 4. The molecule has 0 atom stereocenters. The van der Waals surface area contributed by atoms with Crippen molar-refractivity contribution < 1.29 is 0 Å². The van der Waals surface area contributed by atoms with Gasteiger partial charge in [0.25, 0.3) is 0 Å². The third-order valence-corrected chi connectivity index (χ3v) is 6.24. The van der Waals surface area contributed by atoms with Crippen LogP contribution in [0, 0.1) is 34.0 Å². The Morgan fingerprint density at radius 1 is 0.514 bits per heavy atom. The van der Waals surface area contributed by atoms with Crippen LogP contribution in [0.3, 0.4) is 0 Å².